The zero-order valence-electron chi connectivity index (χ0n) is 11.5. The predicted octanol–water partition coefficient (Wildman–Crippen LogP) is 1.85. The lowest BCUT2D eigenvalue weighted by atomic mass is 10.2. The highest BCUT2D eigenvalue weighted by Crippen LogP contribution is 2.15. The maximum absolute atomic E-state index is 12.8. The monoisotopic (exact) mass is 320 g/mol. The largest absolute Gasteiger partial charge is 0.278 e. The Balaban J connectivity index is 1.72. The molecule has 2 aromatic heterocycles. The Labute approximate surface area is 126 Å². The summed E-state index contributed by atoms with van der Waals surface area (Å²) in [4.78, 5) is 4.09. The highest BCUT2D eigenvalue weighted by molar-refractivity contribution is 7.92. The van der Waals surface area contributed by atoms with Gasteiger partial charge in [0.1, 0.15) is 11.5 Å². The Kier molecular flexibility index (Phi) is 3.76. The van der Waals surface area contributed by atoms with Crippen LogP contribution in [0.4, 0.5) is 10.1 Å². The van der Waals surface area contributed by atoms with Crippen LogP contribution in [0.5, 0.6) is 0 Å². The normalized spacial score (nSPS) is 11.7. The van der Waals surface area contributed by atoms with Gasteiger partial charge < -0.3 is 0 Å². The van der Waals surface area contributed by atoms with Crippen molar-refractivity contribution in [3.63, 3.8) is 0 Å². The van der Waals surface area contributed by atoms with Crippen molar-refractivity contribution in [1.82, 2.24) is 14.6 Å². The lowest BCUT2D eigenvalue weighted by Crippen LogP contribution is -2.18. The van der Waals surface area contributed by atoms with Crippen molar-refractivity contribution in [1.29, 1.82) is 0 Å². The smallest absolute Gasteiger partial charge is 0.233 e. The Morgan fingerprint density at radius 2 is 2.00 bits per heavy atom. The number of nitrogens with zero attached hydrogens (tertiary/aromatic N) is 3. The van der Waals surface area contributed by atoms with Crippen LogP contribution in [0.15, 0.2) is 48.9 Å². The summed E-state index contributed by atoms with van der Waals surface area (Å²) in [5, 5.41) is 4.02. The molecule has 0 bridgehead atoms. The molecule has 0 fully saturated rings. The maximum Gasteiger partial charge on any atom is 0.233 e. The van der Waals surface area contributed by atoms with Gasteiger partial charge in [-0.25, -0.2) is 22.3 Å². The number of nitrogens with one attached hydrogen (secondary N) is 1. The summed E-state index contributed by atoms with van der Waals surface area (Å²) in [5.41, 5.74) is 1.53. The zero-order valence-corrected chi connectivity index (χ0v) is 12.3. The average molecular weight is 320 g/mol. The molecule has 1 aromatic carbocycles. The quantitative estimate of drug-likeness (QED) is 0.778. The first-order chi connectivity index (χ1) is 10.5. The van der Waals surface area contributed by atoms with Crippen LogP contribution in [0.3, 0.4) is 0 Å². The third-order valence-electron chi connectivity index (χ3n) is 3.12. The van der Waals surface area contributed by atoms with Gasteiger partial charge in [-0.05, 0) is 30.2 Å². The topological polar surface area (TPSA) is 76.4 Å². The summed E-state index contributed by atoms with van der Waals surface area (Å²) < 4.78 is 41.0. The molecule has 0 saturated heterocycles. The van der Waals surface area contributed by atoms with Gasteiger partial charge in [-0.1, -0.05) is 12.1 Å². The molecule has 22 heavy (non-hydrogen) atoms. The Morgan fingerprint density at radius 3 is 2.77 bits per heavy atom. The molecule has 0 unspecified atom stereocenters. The highest BCUT2D eigenvalue weighted by Gasteiger charge is 2.14. The zero-order chi connectivity index (χ0) is 15.6. The molecule has 114 valence electrons. The fourth-order valence-electron chi connectivity index (χ4n) is 2.02. The van der Waals surface area contributed by atoms with Gasteiger partial charge in [0.2, 0.25) is 10.0 Å². The van der Waals surface area contributed by atoms with Crippen LogP contribution >= 0.6 is 0 Å². The number of aromatic nitrogens is 3. The third-order valence-corrected chi connectivity index (χ3v) is 4.39. The first-order valence-electron chi connectivity index (χ1n) is 6.57. The predicted molar refractivity (Wildman–Crippen MR) is 80.5 cm³/mol. The molecule has 0 radical (unpaired) electrons. The van der Waals surface area contributed by atoms with Crippen LogP contribution in [-0.2, 0) is 16.4 Å². The number of fused-ring (bicyclic) bond motifs is 1. The molecule has 0 spiro atoms. The first kappa shape index (κ1) is 14.5. The van der Waals surface area contributed by atoms with E-state index in [2.05, 4.69) is 14.8 Å². The molecular weight excluding hydrogens is 307 g/mol. The van der Waals surface area contributed by atoms with Crippen molar-refractivity contribution in [3.8, 4) is 0 Å². The SMILES string of the molecule is O=S(=O)(CCc1ccc(F)cc1)Nc1cnn2cccnc12. The molecule has 0 aliphatic rings. The summed E-state index contributed by atoms with van der Waals surface area (Å²) in [6, 6.07) is 7.46. The van der Waals surface area contributed by atoms with Gasteiger partial charge in [0, 0.05) is 12.4 Å². The van der Waals surface area contributed by atoms with Gasteiger partial charge >= 0.3 is 0 Å². The van der Waals surface area contributed by atoms with Crippen LogP contribution in [-0.4, -0.2) is 28.8 Å². The van der Waals surface area contributed by atoms with Crippen molar-refractivity contribution < 1.29 is 12.8 Å². The second-order valence-electron chi connectivity index (χ2n) is 4.74. The lowest BCUT2D eigenvalue weighted by Gasteiger charge is -2.06. The number of anilines is 1. The number of sulfonamides is 1. The fraction of sp³-hybridized carbons (Fsp3) is 0.143. The van der Waals surface area contributed by atoms with E-state index >= 15 is 0 Å². The first-order valence-corrected chi connectivity index (χ1v) is 8.22. The number of aryl methyl sites for hydroxylation is 1. The summed E-state index contributed by atoms with van der Waals surface area (Å²) in [5.74, 6) is -0.454. The second-order valence-corrected chi connectivity index (χ2v) is 6.59. The van der Waals surface area contributed by atoms with E-state index in [0.29, 0.717) is 17.8 Å². The van der Waals surface area contributed by atoms with Crippen molar-refractivity contribution in [2.24, 2.45) is 0 Å². The maximum atomic E-state index is 12.8. The summed E-state index contributed by atoms with van der Waals surface area (Å²) in [6.07, 6.45) is 4.95. The van der Waals surface area contributed by atoms with Crippen LogP contribution in [0.1, 0.15) is 5.56 Å². The molecule has 0 atom stereocenters. The molecule has 3 rings (SSSR count). The van der Waals surface area contributed by atoms with Gasteiger partial charge in [0.05, 0.1) is 11.9 Å². The van der Waals surface area contributed by atoms with E-state index in [1.807, 2.05) is 0 Å². The number of rotatable bonds is 5. The molecule has 0 aliphatic carbocycles. The summed E-state index contributed by atoms with van der Waals surface area (Å²) >= 11 is 0. The number of hydrogen-bond donors (Lipinski definition) is 1. The Hall–Kier alpha value is -2.48. The van der Waals surface area contributed by atoms with Crippen LogP contribution in [0.25, 0.3) is 5.65 Å². The van der Waals surface area contributed by atoms with Crippen molar-refractivity contribution in [2.75, 3.05) is 10.5 Å². The average Bonchev–Trinajstić information content (AvgIpc) is 2.90. The van der Waals surface area contributed by atoms with E-state index in [1.165, 1.54) is 22.8 Å². The van der Waals surface area contributed by atoms with E-state index in [0.717, 1.165) is 5.56 Å². The van der Waals surface area contributed by atoms with Gasteiger partial charge in [-0.3, -0.25) is 4.72 Å². The minimum Gasteiger partial charge on any atom is -0.278 e. The van der Waals surface area contributed by atoms with Crippen LogP contribution in [0, 0.1) is 5.82 Å². The Morgan fingerprint density at radius 1 is 1.23 bits per heavy atom. The van der Waals surface area contributed by atoms with E-state index in [4.69, 9.17) is 0 Å². The van der Waals surface area contributed by atoms with Crippen molar-refractivity contribution in [2.45, 2.75) is 6.42 Å². The van der Waals surface area contributed by atoms with Crippen LogP contribution < -0.4 is 4.72 Å². The van der Waals surface area contributed by atoms with Gasteiger partial charge in [-0.2, -0.15) is 5.10 Å². The molecule has 8 heteroatoms. The molecule has 1 N–H and O–H groups in total. The van der Waals surface area contributed by atoms with Gasteiger partial charge in [0.25, 0.3) is 0 Å². The molecular formula is C14H13FN4O2S. The molecule has 3 aromatic rings. The molecule has 0 saturated carbocycles. The third kappa shape index (κ3) is 3.22. The minimum absolute atomic E-state index is 0.108. The standard InChI is InChI=1S/C14H13FN4O2S/c15-12-4-2-11(3-5-12)6-9-22(20,21)18-13-10-17-19-8-1-7-16-14(13)19/h1-5,7-8,10,18H,6,9H2. The molecule has 2 heterocycles. The van der Waals surface area contributed by atoms with Crippen molar-refractivity contribution in [3.05, 3.63) is 60.3 Å². The number of benzene rings is 1. The van der Waals surface area contributed by atoms with E-state index in [1.54, 1.807) is 30.6 Å². The summed E-state index contributed by atoms with van der Waals surface area (Å²) in [6.45, 7) is 0. The van der Waals surface area contributed by atoms with E-state index < -0.39 is 10.0 Å². The molecule has 0 aliphatic heterocycles. The van der Waals surface area contributed by atoms with E-state index in [9.17, 15) is 12.8 Å². The molecule has 0 amide bonds. The van der Waals surface area contributed by atoms with Crippen LogP contribution in [0.2, 0.25) is 0 Å². The summed E-state index contributed by atoms with van der Waals surface area (Å²) in [7, 11) is -3.54. The minimum atomic E-state index is -3.54. The fourth-order valence-corrected chi connectivity index (χ4v) is 3.11. The van der Waals surface area contributed by atoms with Gasteiger partial charge in [-0.15, -0.1) is 0 Å². The second kappa shape index (κ2) is 5.72. The van der Waals surface area contributed by atoms with Gasteiger partial charge in [0.15, 0.2) is 5.65 Å². The van der Waals surface area contributed by atoms with Crippen molar-refractivity contribution >= 4 is 21.4 Å². The number of halogens is 1. The highest BCUT2D eigenvalue weighted by atomic mass is 32.2. The number of hydrogen-bond acceptors (Lipinski definition) is 4. The van der Waals surface area contributed by atoms with E-state index in [-0.39, 0.29) is 11.6 Å². The molecule has 6 nitrogen and oxygen atoms in total. The Bertz CT molecular complexity index is 891. The lowest BCUT2D eigenvalue weighted by molar-refractivity contribution is 0.600.